The minimum atomic E-state index is -4.36. The minimum Gasteiger partial charge on any atom is -0.205 e. The zero-order chi connectivity index (χ0) is 16.6. The second-order valence-electron chi connectivity index (χ2n) is 5.29. The quantitative estimate of drug-likeness (QED) is 0.836. The van der Waals surface area contributed by atoms with Crippen molar-refractivity contribution in [2.45, 2.75) is 25.2 Å². The summed E-state index contributed by atoms with van der Waals surface area (Å²) in [6.07, 6.45) is -0.609. The lowest BCUT2D eigenvalue weighted by atomic mass is 10.0. The fourth-order valence-electron chi connectivity index (χ4n) is 2.26. The first-order valence-electron chi connectivity index (χ1n) is 6.60. The summed E-state index contributed by atoms with van der Waals surface area (Å²) < 4.78 is 80.1. The Morgan fingerprint density at radius 3 is 2.50 bits per heavy atom. The van der Waals surface area contributed by atoms with Crippen LogP contribution in [0.15, 0.2) is 24.3 Å². The van der Waals surface area contributed by atoms with Gasteiger partial charge in [0, 0.05) is 18.5 Å². The highest BCUT2D eigenvalue weighted by atomic mass is 32.2. The second-order valence-corrected chi connectivity index (χ2v) is 7.04. The molecule has 0 atom stereocenters. The molecule has 1 N–H and O–H groups in total. The molecule has 1 aliphatic heterocycles. The van der Waals surface area contributed by atoms with Gasteiger partial charge in [-0.15, -0.1) is 0 Å². The lowest BCUT2D eigenvalue weighted by molar-refractivity contribution is 0.000918. The predicted molar refractivity (Wildman–Crippen MR) is 73.1 cm³/mol. The SMILES string of the molecule is Cc1ccccc1C(F)(F)CNS(=O)(=O)N1CCC(F)(F)C1. The summed E-state index contributed by atoms with van der Waals surface area (Å²) in [5.41, 5.74) is 0.0175. The first kappa shape index (κ1) is 17.2. The van der Waals surface area contributed by atoms with Gasteiger partial charge in [-0.25, -0.2) is 8.78 Å². The summed E-state index contributed by atoms with van der Waals surface area (Å²) in [6.45, 7) is -1.07. The molecular formula is C13H16F4N2O2S. The molecule has 0 aromatic heterocycles. The van der Waals surface area contributed by atoms with E-state index in [0.717, 1.165) is 0 Å². The Labute approximate surface area is 126 Å². The molecule has 0 unspecified atom stereocenters. The Morgan fingerprint density at radius 1 is 1.32 bits per heavy atom. The maximum absolute atomic E-state index is 14.1. The van der Waals surface area contributed by atoms with Gasteiger partial charge in [0.2, 0.25) is 0 Å². The monoisotopic (exact) mass is 340 g/mol. The van der Waals surface area contributed by atoms with E-state index >= 15 is 0 Å². The Bertz CT molecular complexity index is 649. The standard InChI is InChI=1S/C13H16F4N2O2S/c1-10-4-2-3-5-11(10)13(16,17)8-18-22(20,21)19-7-6-12(14,15)9-19/h2-5,18H,6-9H2,1H3. The largest absolute Gasteiger partial charge is 0.286 e. The van der Waals surface area contributed by atoms with Crippen LogP contribution in [0.25, 0.3) is 0 Å². The molecule has 0 amide bonds. The van der Waals surface area contributed by atoms with Gasteiger partial charge in [0.25, 0.3) is 22.1 Å². The molecule has 0 saturated carbocycles. The first-order chi connectivity index (χ1) is 10.0. The highest BCUT2D eigenvalue weighted by Gasteiger charge is 2.44. The van der Waals surface area contributed by atoms with E-state index in [1.807, 2.05) is 0 Å². The molecule has 22 heavy (non-hydrogen) atoms. The average molecular weight is 340 g/mol. The van der Waals surface area contributed by atoms with Crippen LogP contribution < -0.4 is 4.72 Å². The summed E-state index contributed by atoms with van der Waals surface area (Å²) in [5, 5.41) is 0. The van der Waals surface area contributed by atoms with E-state index in [4.69, 9.17) is 0 Å². The van der Waals surface area contributed by atoms with Crippen LogP contribution in [0.4, 0.5) is 17.6 Å². The number of hydrogen-bond donors (Lipinski definition) is 1. The highest BCUT2D eigenvalue weighted by molar-refractivity contribution is 7.87. The summed E-state index contributed by atoms with van der Waals surface area (Å²) in [4.78, 5) is 0. The van der Waals surface area contributed by atoms with Gasteiger partial charge in [-0.05, 0) is 12.5 Å². The lowest BCUT2D eigenvalue weighted by Crippen LogP contribution is -2.44. The number of aryl methyl sites for hydroxylation is 1. The number of hydrogen-bond acceptors (Lipinski definition) is 2. The molecule has 1 aromatic rings. The predicted octanol–water partition coefficient (Wildman–Crippen LogP) is 2.26. The molecule has 9 heteroatoms. The van der Waals surface area contributed by atoms with E-state index in [1.165, 1.54) is 25.1 Å². The maximum atomic E-state index is 14.1. The molecule has 1 heterocycles. The van der Waals surface area contributed by atoms with Crippen LogP contribution in [-0.4, -0.2) is 38.3 Å². The van der Waals surface area contributed by atoms with E-state index in [-0.39, 0.29) is 5.56 Å². The van der Waals surface area contributed by atoms with Gasteiger partial charge >= 0.3 is 0 Å². The van der Waals surface area contributed by atoms with Gasteiger partial charge in [-0.1, -0.05) is 24.3 Å². The average Bonchev–Trinajstić information content (AvgIpc) is 2.78. The third-order valence-corrected chi connectivity index (χ3v) is 4.99. The zero-order valence-corrected chi connectivity index (χ0v) is 12.6. The van der Waals surface area contributed by atoms with Crippen LogP contribution in [0, 0.1) is 6.92 Å². The summed E-state index contributed by atoms with van der Waals surface area (Å²) in [7, 11) is -4.36. The van der Waals surface area contributed by atoms with Crippen LogP contribution >= 0.6 is 0 Å². The third kappa shape index (κ3) is 3.76. The minimum absolute atomic E-state index is 0.301. The van der Waals surface area contributed by atoms with Crippen LogP contribution in [0.5, 0.6) is 0 Å². The van der Waals surface area contributed by atoms with Crippen LogP contribution in [0.2, 0.25) is 0 Å². The third-order valence-electron chi connectivity index (χ3n) is 3.49. The Kier molecular flexibility index (Phi) is 4.51. The number of halogens is 4. The van der Waals surface area contributed by atoms with Crippen molar-refractivity contribution in [3.63, 3.8) is 0 Å². The van der Waals surface area contributed by atoms with Crippen LogP contribution in [0.3, 0.4) is 0 Å². The van der Waals surface area contributed by atoms with Crippen molar-refractivity contribution in [3.05, 3.63) is 35.4 Å². The molecule has 2 rings (SSSR count). The fourth-order valence-corrected chi connectivity index (χ4v) is 3.50. The van der Waals surface area contributed by atoms with Gasteiger partial charge in [-0.3, -0.25) is 0 Å². The lowest BCUT2D eigenvalue weighted by Gasteiger charge is -2.22. The Morgan fingerprint density at radius 2 is 1.95 bits per heavy atom. The Hall–Kier alpha value is -1.19. The number of nitrogens with zero attached hydrogens (tertiary/aromatic N) is 1. The molecule has 4 nitrogen and oxygen atoms in total. The summed E-state index contributed by atoms with van der Waals surface area (Å²) in [6, 6.07) is 5.70. The van der Waals surface area contributed by atoms with E-state index in [1.54, 1.807) is 10.8 Å². The number of alkyl halides is 4. The molecule has 124 valence electrons. The molecule has 0 bridgehead atoms. The molecular weight excluding hydrogens is 324 g/mol. The van der Waals surface area contributed by atoms with Crippen molar-refractivity contribution in [1.82, 2.24) is 9.03 Å². The molecule has 1 aromatic carbocycles. The number of benzene rings is 1. The zero-order valence-electron chi connectivity index (χ0n) is 11.8. The summed E-state index contributed by atoms with van der Waals surface area (Å²) in [5.74, 6) is -6.55. The van der Waals surface area contributed by atoms with Crippen molar-refractivity contribution >= 4 is 10.2 Å². The Balaban J connectivity index is 2.07. The first-order valence-corrected chi connectivity index (χ1v) is 8.04. The van der Waals surface area contributed by atoms with Crippen molar-refractivity contribution in [2.75, 3.05) is 19.6 Å². The van der Waals surface area contributed by atoms with Crippen LogP contribution in [-0.2, 0) is 16.1 Å². The van der Waals surface area contributed by atoms with E-state index in [2.05, 4.69) is 0 Å². The second kappa shape index (κ2) is 5.78. The van der Waals surface area contributed by atoms with E-state index in [9.17, 15) is 26.0 Å². The van der Waals surface area contributed by atoms with Crippen molar-refractivity contribution in [1.29, 1.82) is 0 Å². The topological polar surface area (TPSA) is 49.4 Å². The summed E-state index contributed by atoms with van der Waals surface area (Å²) >= 11 is 0. The van der Waals surface area contributed by atoms with Gasteiger partial charge in [0.1, 0.15) is 0 Å². The van der Waals surface area contributed by atoms with E-state index in [0.29, 0.717) is 9.87 Å². The van der Waals surface area contributed by atoms with Crippen LogP contribution in [0.1, 0.15) is 17.5 Å². The molecule has 1 fully saturated rings. The smallest absolute Gasteiger partial charge is 0.205 e. The molecule has 1 saturated heterocycles. The van der Waals surface area contributed by atoms with Gasteiger partial charge in [0.15, 0.2) is 0 Å². The molecule has 0 aliphatic carbocycles. The molecule has 0 spiro atoms. The van der Waals surface area contributed by atoms with E-state index < -0.39 is 48.1 Å². The number of rotatable bonds is 5. The molecule has 0 radical (unpaired) electrons. The van der Waals surface area contributed by atoms with Gasteiger partial charge < -0.3 is 0 Å². The molecule has 1 aliphatic rings. The van der Waals surface area contributed by atoms with Gasteiger partial charge in [-0.2, -0.15) is 26.2 Å². The highest BCUT2D eigenvalue weighted by Crippen LogP contribution is 2.31. The fraction of sp³-hybridized carbons (Fsp3) is 0.538. The number of nitrogens with one attached hydrogen (secondary N) is 1. The van der Waals surface area contributed by atoms with Crippen molar-refractivity contribution < 1.29 is 26.0 Å². The van der Waals surface area contributed by atoms with Crippen molar-refractivity contribution in [2.24, 2.45) is 0 Å². The van der Waals surface area contributed by atoms with Crippen molar-refractivity contribution in [3.8, 4) is 0 Å². The maximum Gasteiger partial charge on any atom is 0.286 e. The van der Waals surface area contributed by atoms with Gasteiger partial charge in [0.05, 0.1) is 13.1 Å². The normalized spacial score (nSPS) is 19.5.